The summed E-state index contributed by atoms with van der Waals surface area (Å²) in [6.45, 7) is 5.93. The zero-order valence-electron chi connectivity index (χ0n) is 6.57. The van der Waals surface area contributed by atoms with Gasteiger partial charge in [0.2, 0.25) is 2.14 Å². The van der Waals surface area contributed by atoms with Crippen molar-refractivity contribution < 1.29 is 9.53 Å². The van der Waals surface area contributed by atoms with E-state index >= 15 is 0 Å². The molecule has 0 aromatic heterocycles. The Morgan fingerprint density at radius 2 is 2.00 bits per heavy atom. The fourth-order valence-corrected chi connectivity index (χ4v) is 0.743. The van der Waals surface area contributed by atoms with Gasteiger partial charge in [0.25, 0.3) is 0 Å². The molecule has 2 nitrogen and oxygen atoms in total. The topological polar surface area (TPSA) is 26.3 Å². The van der Waals surface area contributed by atoms with E-state index in [1.165, 1.54) is 0 Å². The van der Waals surface area contributed by atoms with Crippen LogP contribution < -0.4 is 0 Å². The molecule has 0 bridgehead atoms. The molecule has 0 unspecified atom stereocenters. The Morgan fingerprint density at radius 3 is 2.33 bits per heavy atom. The second-order valence-corrected chi connectivity index (χ2v) is 9.10. The van der Waals surface area contributed by atoms with E-state index in [9.17, 15) is 4.79 Å². The van der Waals surface area contributed by atoms with E-state index in [-0.39, 0.29) is 0 Å². The first-order valence-corrected chi connectivity index (χ1v) is 5.60. The molecule has 0 saturated heterocycles. The number of halogens is 3. The zero-order valence-corrected chi connectivity index (χ0v) is 11.3. The number of hydrogen-bond acceptors (Lipinski definition) is 2. The first-order chi connectivity index (χ1) is 5.34. The average Bonchev–Trinajstić information content (AvgIpc) is 1.84. The Balaban J connectivity index is 3.66. The third-order valence-electron chi connectivity index (χ3n) is 0.993. The molecule has 70 valence electrons. The van der Waals surface area contributed by atoms with Crippen LogP contribution in [-0.2, 0) is 9.53 Å². The molecule has 0 aliphatic heterocycles. The lowest BCUT2D eigenvalue weighted by Crippen LogP contribution is -2.20. The van der Waals surface area contributed by atoms with Gasteiger partial charge in [0.1, 0.15) is 0 Å². The molecule has 0 atom stereocenters. The molecule has 0 saturated carbocycles. The van der Waals surface area contributed by atoms with Crippen LogP contribution in [0.2, 0.25) is 0 Å². The van der Waals surface area contributed by atoms with Gasteiger partial charge in [0, 0.05) is 6.42 Å². The van der Waals surface area contributed by atoms with Gasteiger partial charge < -0.3 is 4.74 Å². The van der Waals surface area contributed by atoms with Crippen molar-refractivity contribution in [3.63, 3.8) is 0 Å². The van der Waals surface area contributed by atoms with Crippen LogP contribution in [0.1, 0.15) is 13.3 Å². The van der Waals surface area contributed by atoms with Crippen LogP contribution in [0.3, 0.4) is 0 Å². The summed E-state index contributed by atoms with van der Waals surface area (Å²) < 4.78 is 3.92. The number of esters is 1. The average molecular weight is 365 g/mol. The molecule has 0 aliphatic carbocycles. The summed E-state index contributed by atoms with van der Waals surface area (Å²) in [5, 5.41) is 0. The van der Waals surface area contributed by atoms with E-state index in [2.05, 4.69) is 54.4 Å². The molecule has 0 aliphatic rings. The number of carbonyl (C=O) groups excluding carboxylic acids is 1. The van der Waals surface area contributed by atoms with Crippen molar-refractivity contribution in [1.29, 1.82) is 0 Å². The molecular weight excluding hydrogens is 356 g/mol. The largest absolute Gasteiger partial charge is 0.463 e. The molecule has 0 rings (SSSR count). The maximum Gasteiger partial charge on any atom is 0.344 e. The van der Waals surface area contributed by atoms with E-state index in [1.54, 1.807) is 0 Å². The maximum atomic E-state index is 11.1. The fraction of sp³-hybridized carbons (Fsp3) is 0.571. The normalized spacial score (nSPS) is 11.0. The minimum atomic E-state index is -0.956. The lowest BCUT2D eigenvalue weighted by molar-refractivity contribution is -0.141. The van der Waals surface area contributed by atoms with Gasteiger partial charge in [-0.1, -0.05) is 5.57 Å². The summed E-state index contributed by atoms with van der Waals surface area (Å²) in [5.74, 6) is -0.399. The highest BCUT2D eigenvalue weighted by atomic mass is 80.0. The number of alkyl halides is 3. The van der Waals surface area contributed by atoms with E-state index in [1.807, 2.05) is 6.92 Å². The standard InChI is InChI=1S/C7H9Br3O2/c1-5(2)3-4-12-6(11)7(8,9)10/h1,3-4H2,2H3. The van der Waals surface area contributed by atoms with Crippen LogP contribution in [0.4, 0.5) is 0 Å². The number of rotatable bonds is 3. The molecule has 0 aromatic rings. The third kappa shape index (κ3) is 6.20. The van der Waals surface area contributed by atoms with E-state index in [0.29, 0.717) is 13.0 Å². The highest BCUT2D eigenvalue weighted by Crippen LogP contribution is 2.34. The molecule has 5 heteroatoms. The summed E-state index contributed by atoms with van der Waals surface area (Å²) >= 11 is 9.14. The number of hydrogen-bond donors (Lipinski definition) is 0. The van der Waals surface area contributed by atoms with Crippen molar-refractivity contribution in [2.45, 2.75) is 15.5 Å². The van der Waals surface area contributed by atoms with Gasteiger partial charge in [0.05, 0.1) is 6.61 Å². The molecule has 0 aromatic carbocycles. The lowest BCUT2D eigenvalue weighted by atomic mass is 10.3. The smallest absolute Gasteiger partial charge is 0.344 e. The highest BCUT2D eigenvalue weighted by molar-refractivity contribution is 9.40. The van der Waals surface area contributed by atoms with Gasteiger partial charge in [-0.2, -0.15) is 0 Å². The van der Waals surface area contributed by atoms with Crippen LogP contribution >= 0.6 is 47.8 Å². The highest BCUT2D eigenvalue weighted by Gasteiger charge is 2.30. The Bertz CT molecular complexity index is 184. The van der Waals surface area contributed by atoms with Crippen molar-refractivity contribution in [3.05, 3.63) is 12.2 Å². The maximum absolute atomic E-state index is 11.1. The minimum absolute atomic E-state index is 0.360. The van der Waals surface area contributed by atoms with Crippen LogP contribution in [0.15, 0.2) is 12.2 Å². The SMILES string of the molecule is C=C(C)CCOC(=O)C(Br)(Br)Br. The Labute approximate surface area is 97.1 Å². The molecule has 0 amide bonds. The summed E-state index contributed by atoms with van der Waals surface area (Å²) in [5.41, 5.74) is 0.993. The second kappa shape index (κ2) is 5.40. The van der Waals surface area contributed by atoms with E-state index in [0.717, 1.165) is 5.57 Å². The molecular formula is C7H9Br3O2. The number of ether oxygens (including phenoxy) is 1. The molecule has 0 radical (unpaired) electrons. The molecule has 0 N–H and O–H groups in total. The van der Waals surface area contributed by atoms with Crippen molar-refractivity contribution in [1.82, 2.24) is 0 Å². The lowest BCUT2D eigenvalue weighted by Gasteiger charge is -2.11. The van der Waals surface area contributed by atoms with Gasteiger partial charge in [-0.25, -0.2) is 4.79 Å². The van der Waals surface area contributed by atoms with Crippen LogP contribution in [0, 0.1) is 0 Å². The monoisotopic (exact) mass is 362 g/mol. The second-order valence-electron chi connectivity index (χ2n) is 2.34. The van der Waals surface area contributed by atoms with Crippen LogP contribution in [0.25, 0.3) is 0 Å². The summed E-state index contributed by atoms with van der Waals surface area (Å²) in [7, 11) is 0. The van der Waals surface area contributed by atoms with Gasteiger partial charge in [-0.15, -0.1) is 6.58 Å². The minimum Gasteiger partial charge on any atom is -0.463 e. The Morgan fingerprint density at radius 1 is 1.50 bits per heavy atom. The first-order valence-electron chi connectivity index (χ1n) is 3.22. The van der Waals surface area contributed by atoms with E-state index < -0.39 is 8.11 Å². The summed E-state index contributed by atoms with van der Waals surface area (Å²) in [6, 6.07) is 0. The van der Waals surface area contributed by atoms with Crippen molar-refractivity contribution in [2.75, 3.05) is 6.61 Å². The molecule has 12 heavy (non-hydrogen) atoms. The molecule has 0 fully saturated rings. The zero-order chi connectivity index (χ0) is 9.78. The predicted octanol–water partition coefficient (Wildman–Crippen LogP) is 3.33. The summed E-state index contributed by atoms with van der Waals surface area (Å²) in [6.07, 6.45) is 0.689. The summed E-state index contributed by atoms with van der Waals surface area (Å²) in [4.78, 5) is 11.1. The predicted molar refractivity (Wildman–Crippen MR) is 59.9 cm³/mol. The fourth-order valence-electron chi connectivity index (χ4n) is 0.400. The Kier molecular flexibility index (Phi) is 5.69. The van der Waals surface area contributed by atoms with Gasteiger partial charge >= 0.3 is 5.97 Å². The van der Waals surface area contributed by atoms with Crippen molar-refractivity contribution >= 4 is 53.8 Å². The number of carbonyl (C=O) groups is 1. The first kappa shape index (κ1) is 12.7. The quantitative estimate of drug-likeness (QED) is 0.436. The van der Waals surface area contributed by atoms with Gasteiger partial charge in [-0.3, -0.25) is 0 Å². The van der Waals surface area contributed by atoms with Gasteiger partial charge in [-0.05, 0) is 54.7 Å². The van der Waals surface area contributed by atoms with Crippen molar-refractivity contribution in [2.24, 2.45) is 0 Å². The van der Waals surface area contributed by atoms with Gasteiger partial charge in [0.15, 0.2) is 0 Å². The van der Waals surface area contributed by atoms with Crippen LogP contribution in [0.5, 0.6) is 0 Å². The van der Waals surface area contributed by atoms with Crippen molar-refractivity contribution in [3.8, 4) is 0 Å². The van der Waals surface area contributed by atoms with Crippen LogP contribution in [-0.4, -0.2) is 14.7 Å². The molecule has 0 spiro atoms. The third-order valence-corrected chi connectivity index (χ3v) is 1.96. The molecule has 0 heterocycles. The Hall–Kier alpha value is 0.650. The van der Waals surface area contributed by atoms with E-state index in [4.69, 9.17) is 4.74 Å².